The third-order valence-corrected chi connectivity index (χ3v) is 2.96. The van der Waals surface area contributed by atoms with Gasteiger partial charge in [0.1, 0.15) is 0 Å². The number of fused-ring (bicyclic) bond motifs is 1. The van der Waals surface area contributed by atoms with Crippen molar-refractivity contribution in [2.45, 2.75) is 13.0 Å². The first-order chi connectivity index (χ1) is 9.68. The fraction of sp³-hybridized carbons (Fsp3) is 0.167. The summed E-state index contributed by atoms with van der Waals surface area (Å²) in [6.07, 6.45) is 3.16. The highest BCUT2D eigenvalue weighted by Gasteiger charge is 2.21. The molecular formula is C12H10N6O2. The predicted molar refractivity (Wildman–Crippen MR) is 68.7 cm³/mol. The van der Waals surface area contributed by atoms with Crippen LogP contribution < -0.4 is 0 Å². The molecular weight excluding hydrogens is 260 g/mol. The van der Waals surface area contributed by atoms with Gasteiger partial charge < -0.3 is 5.11 Å². The second-order valence-electron chi connectivity index (χ2n) is 4.19. The van der Waals surface area contributed by atoms with Gasteiger partial charge in [-0.3, -0.25) is 9.97 Å². The van der Waals surface area contributed by atoms with Gasteiger partial charge in [-0.25, -0.2) is 9.48 Å². The molecule has 1 N–H and O–H groups in total. The van der Waals surface area contributed by atoms with Crippen molar-refractivity contribution in [1.29, 1.82) is 0 Å². The first kappa shape index (κ1) is 12.2. The maximum atomic E-state index is 11.1. The maximum absolute atomic E-state index is 11.1. The number of hydrogen-bond donors (Lipinski definition) is 1. The number of hydrogen-bond acceptors (Lipinski definition) is 6. The molecule has 2 heterocycles. The first-order valence-electron chi connectivity index (χ1n) is 5.89. The molecule has 100 valence electrons. The molecule has 0 aliphatic carbocycles. The standard InChI is InChI=1S/C12H10N6O2/c1-7(12(19)20)18-11(15-16-17-18)8-3-2-4-9-10(8)14-6-5-13-9/h2-7H,1H3,(H,19,20). The van der Waals surface area contributed by atoms with Gasteiger partial charge in [0.2, 0.25) is 0 Å². The van der Waals surface area contributed by atoms with E-state index in [1.54, 1.807) is 24.5 Å². The van der Waals surface area contributed by atoms with E-state index < -0.39 is 12.0 Å². The summed E-state index contributed by atoms with van der Waals surface area (Å²) in [7, 11) is 0. The van der Waals surface area contributed by atoms with E-state index in [4.69, 9.17) is 5.11 Å². The third-order valence-electron chi connectivity index (χ3n) is 2.96. The van der Waals surface area contributed by atoms with Crippen LogP contribution in [0.2, 0.25) is 0 Å². The van der Waals surface area contributed by atoms with E-state index in [0.29, 0.717) is 22.4 Å². The lowest BCUT2D eigenvalue weighted by Crippen LogP contribution is -2.18. The second-order valence-corrected chi connectivity index (χ2v) is 4.19. The van der Waals surface area contributed by atoms with Crippen molar-refractivity contribution in [3.05, 3.63) is 30.6 Å². The number of carbonyl (C=O) groups is 1. The monoisotopic (exact) mass is 270 g/mol. The second kappa shape index (κ2) is 4.65. The molecule has 8 heteroatoms. The molecule has 0 radical (unpaired) electrons. The van der Waals surface area contributed by atoms with Crippen LogP contribution in [-0.4, -0.2) is 41.3 Å². The number of rotatable bonds is 3. The van der Waals surface area contributed by atoms with E-state index in [1.807, 2.05) is 6.07 Å². The Labute approximate surface area is 113 Å². The molecule has 0 bridgehead atoms. The van der Waals surface area contributed by atoms with E-state index in [9.17, 15) is 4.79 Å². The summed E-state index contributed by atoms with van der Waals surface area (Å²) in [5, 5.41) is 20.3. The highest BCUT2D eigenvalue weighted by molar-refractivity contribution is 5.89. The Bertz CT molecular complexity index is 779. The van der Waals surface area contributed by atoms with E-state index in [0.717, 1.165) is 0 Å². The third kappa shape index (κ3) is 1.87. The van der Waals surface area contributed by atoms with Crippen molar-refractivity contribution >= 4 is 17.0 Å². The summed E-state index contributed by atoms with van der Waals surface area (Å²) in [6, 6.07) is 4.54. The molecule has 0 amide bonds. The van der Waals surface area contributed by atoms with Crippen LogP contribution in [0.4, 0.5) is 0 Å². The normalized spacial score (nSPS) is 12.4. The lowest BCUT2D eigenvalue weighted by atomic mass is 10.1. The summed E-state index contributed by atoms with van der Waals surface area (Å²) in [4.78, 5) is 19.6. The minimum absolute atomic E-state index is 0.353. The fourth-order valence-corrected chi connectivity index (χ4v) is 1.91. The number of carboxylic acid groups (broad SMARTS) is 1. The number of aliphatic carboxylic acids is 1. The van der Waals surface area contributed by atoms with Crippen LogP contribution in [-0.2, 0) is 4.79 Å². The van der Waals surface area contributed by atoms with Crippen molar-refractivity contribution in [2.24, 2.45) is 0 Å². The molecule has 20 heavy (non-hydrogen) atoms. The van der Waals surface area contributed by atoms with Gasteiger partial charge in [-0.05, 0) is 29.5 Å². The average Bonchev–Trinajstić information content (AvgIpc) is 2.94. The maximum Gasteiger partial charge on any atom is 0.328 e. The van der Waals surface area contributed by atoms with E-state index in [-0.39, 0.29) is 0 Å². The summed E-state index contributed by atoms with van der Waals surface area (Å²) in [5.41, 5.74) is 1.97. The van der Waals surface area contributed by atoms with Crippen LogP contribution in [0.3, 0.4) is 0 Å². The van der Waals surface area contributed by atoms with Crippen molar-refractivity contribution in [2.75, 3.05) is 0 Å². The lowest BCUT2D eigenvalue weighted by molar-refractivity contribution is -0.140. The van der Waals surface area contributed by atoms with E-state index in [1.165, 1.54) is 11.6 Å². The van der Waals surface area contributed by atoms with Crippen molar-refractivity contribution < 1.29 is 9.90 Å². The quantitative estimate of drug-likeness (QED) is 0.754. The average molecular weight is 270 g/mol. The minimum Gasteiger partial charge on any atom is -0.480 e. The zero-order valence-electron chi connectivity index (χ0n) is 10.5. The summed E-state index contributed by atoms with van der Waals surface area (Å²) in [6.45, 7) is 1.51. The molecule has 0 fully saturated rings. The topological polar surface area (TPSA) is 107 Å². The van der Waals surface area contributed by atoms with E-state index >= 15 is 0 Å². The van der Waals surface area contributed by atoms with Gasteiger partial charge in [-0.2, -0.15) is 0 Å². The summed E-state index contributed by atoms with van der Waals surface area (Å²) in [5.74, 6) is -0.657. The number of tetrazole rings is 1. The Kier molecular flexibility index (Phi) is 2.82. The number of benzene rings is 1. The predicted octanol–water partition coefficient (Wildman–Crippen LogP) is 0.929. The van der Waals surface area contributed by atoms with Gasteiger partial charge in [-0.15, -0.1) is 5.10 Å². The van der Waals surface area contributed by atoms with Gasteiger partial charge in [0.15, 0.2) is 11.9 Å². The van der Waals surface area contributed by atoms with Crippen LogP contribution in [0.15, 0.2) is 30.6 Å². The summed E-state index contributed by atoms with van der Waals surface area (Å²) < 4.78 is 1.26. The van der Waals surface area contributed by atoms with Crippen LogP contribution in [0.25, 0.3) is 22.4 Å². The molecule has 3 aromatic rings. The Balaban J connectivity index is 2.22. The summed E-state index contributed by atoms with van der Waals surface area (Å²) >= 11 is 0. The molecule has 0 aliphatic rings. The van der Waals surface area contributed by atoms with Crippen molar-refractivity contribution in [3.63, 3.8) is 0 Å². The Hall–Kier alpha value is -2.90. The van der Waals surface area contributed by atoms with Gasteiger partial charge in [0, 0.05) is 18.0 Å². The molecule has 8 nitrogen and oxygen atoms in total. The molecule has 0 saturated heterocycles. The smallest absolute Gasteiger partial charge is 0.328 e. The molecule has 1 unspecified atom stereocenters. The van der Waals surface area contributed by atoms with Crippen LogP contribution in [0.1, 0.15) is 13.0 Å². The first-order valence-corrected chi connectivity index (χ1v) is 5.89. The Morgan fingerprint density at radius 1 is 1.30 bits per heavy atom. The number of nitrogens with zero attached hydrogens (tertiary/aromatic N) is 6. The largest absolute Gasteiger partial charge is 0.480 e. The molecule has 1 aromatic carbocycles. The number of aromatic nitrogens is 6. The number of carboxylic acids is 1. The van der Waals surface area contributed by atoms with Gasteiger partial charge in [0.25, 0.3) is 0 Å². The zero-order chi connectivity index (χ0) is 14.1. The van der Waals surface area contributed by atoms with Crippen LogP contribution in [0.5, 0.6) is 0 Å². The fourth-order valence-electron chi connectivity index (χ4n) is 1.91. The molecule has 2 aromatic heterocycles. The molecule has 3 rings (SSSR count). The van der Waals surface area contributed by atoms with Crippen LogP contribution in [0, 0.1) is 0 Å². The molecule has 0 saturated carbocycles. The van der Waals surface area contributed by atoms with Gasteiger partial charge in [-0.1, -0.05) is 6.07 Å². The van der Waals surface area contributed by atoms with Gasteiger partial charge in [0.05, 0.1) is 11.0 Å². The van der Waals surface area contributed by atoms with Crippen molar-refractivity contribution in [3.8, 4) is 11.4 Å². The molecule has 0 spiro atoms. The Morgan fingerprint density at radius 3 is 2.90 bits per heavy atom. The number of para-hydroxylation sites is 1. The minimum atomic E-state index is -1.01. The highest BCUT2D eigenvalue weighted by atomic mass is 16.4. The Morgan fingerprint density at radius 2 is 2.10 bits per heavy atom. The van der Waals surface area contributed by atoms with Crippen LogP contribution >= 0.6 is 0 Å². The highest BCUT2D eigenvalue weighted by Crippen LogP contribution is 2.25. The lowest BCUT2D eigenvalue weighted by Gasteiger charge is -2.09. The van der Waals surface area contributed by atoms with Crippen molar-refractivity contribution in [1.82, 2.24) is 30.2 Å². The molecule has 1 atom stereocenters. The zero-order valence-corrected chi connectivity index (χ0v) is 10.5. The van der Waals surface area contributed by atoms with E-state index in [2.05, 4.69) is 25.5 Å². The SMILES string of the molecule is CC(C(=O)O)n1nnnc1-c1cccc2nccnc12. The van der Waals surface area contributed by atoms with Gasteiger partial charge >= 0.3 is 5.97 Å². The molecule has 0 aliphatic heterocycles.